The summed E-state index contributed by atoms with van der Waals surface area (Å²) in [5.41, 5.74) is 0.658. The van der Waals surface area contributed by atoms with Crippen LogP contribution in [-0.2, 0) is 10.0 Å². The number of nitrogens with two attached hydrogens (primary N) is 1. The lowest BCUT2D eigenvalue weighted by atomic mass is 10.2. The molecule has 2 aromatic heterocycles. The number of fused-ring (bicyclic) bond motifs is 1. The number of benzene rings is 1. The van der Waals surface area contributed by atoms with Gasteiger partial charge < -0.3 is 10.1 Å². The maximum absolute atomic E-state index is 11.3. The summed E-state index contributed by atoms with van der Waals surface area (Å²) in [6.45, 7) is 4.61. The third kappa shape index (κ3) is 4.03. The minimum absolute atomic E-state index is 0.0413. The first kappa shape index (κ1) is 17.1. The highest BCUT2D eigenvalue weighted by Crippen LogP contribution is 2.22. The SMILES string of the molecule is CC(C)COc1cc(Nc2ccc(S(N)(=O)=O)cc2)n2ncnc2n1. The first-order valence-electron chi connectivity index (χ1n) is 7.56. The van der Waals surface area contributed by atoms with E-state index in [0.717, 1.165) is 0 Å². The zero-order chi connectivity index (χ0) is 18.0. The first-order valence-corrected chi connectivity index (χ1v) is 9.11. The highest BCUT2D eigenvalue weighted by molar-refractivity contribution is 7.89. The van der Waals surface area contributed by atoms with Crippen LogP contribution < -0.4 is 15.2 Å². The van der Waals surface area contributed by atoms with Crippen LogP contribution >= 0.6 is 0 Å². The molecule has 3 N–H and O–H groups in total. The Morgan fingerprint density at radius 3 is 2.64 bits per heavy atom. The molecular weight excluding hydrogens is 344 g/mol. The van der Waals surface area contributed by atoms with Crippen LogP contribution in [0, 0.1) is 5.92 Å². The molecule has 0 unspecified atom stereocenters. The first-order chi connectivity index (χ1) is 11.8. The van der Waals surface area contributed by atoms with Crippen LogP contribution in [0.25, 0.3) is 5.78 Å². The molecule has 2 heterocycles. The van der Waals surface area contributed by atoms with Gasteiger partial charge in [0.25, 0.3) is 5.78 Å². The number of nitrogens with one attached hydrogen (secondary N) is 1. The van der Waals surface area contributed by atoms with Crippen LogP contribution in [0.5, 0.6) is 5.88 Å². The molecule has 0 aliphatic heterocycles. The van der Waals surface area contributed by atoms with E-state index in [1.54, 1.807) is 18.2 Å². The Bertz CT molecular complexity index is 982. The molecular formula is C15H18N6O3S. The third-order valence-corrected chi connectivity index (χ3v) is 4.18. The molecule has 3 rings (SSSR count). The van der Waals surface area contributed by atoms with E-state index in [-0.39, 0.29) is 4.90 Å². The molecule has 0 spiro atoms. The molecule has 0 radical (unpaired) electrons. The Morgan fingerprint density at radius 2 is 2.00 bits per heavy atom. The average molecular weight is 362 g/mol. The standard InChI is InChI=1S/C15H18N6O3S/c1-10(2)8-24-14-7-13(21-15(20-14)17-9-18-21)19-11-3-5-12(6-4-11)25(16,22)23/h3-7,9-10,19H,8H2,1-2H3,(H2,16,22,23). The molecule has 0 atom stereocenters. The topological polar surface area (TPSA) is 124 Å². The molecule has 25 heavy (non-hydrogen) atoms. The fourth-order valence-electron chi connectivity index (χ4n) is 2.08. The summed E-state index contributed by atoms with van der Waals surface area (Å²) in [5, 5.41) is 12.4. The van der Waals surface area contributed by atoms with E-state index in [1.165, 1.54) is 23.0 Å². The number of hydrogen-bond acceptors (Lipinski definition) is 7. The van der Waals surface area contributed by atoms with Crippen molar-refractivity contribution in [3.05, 3.63) is 36.7 Å². The van der Waals surface area contributed by atoms with Crippen molar-refractivity contribution in [2.75, 3.05) is 11.9 Å². The van der Waals surface area contributed by atoms with E-state index < -0.39 is 10.0 Å². The minimum atomic E-state index is -3.73. The summed E-state index contributed by atoms with van der Waals surface area (Å²) in [7, 11) is -3.73. The van der Waals surface area contributed by atoms with Crippen molar-refractivity contribution in [2.24, 2.45) is 11.1 Å². The van der Waals surface area contributed by atoms with Crippen molar-refractivity contribution in [1.29, 1.82) is 0 Å². The molecule has 9 nitrogen and oxygen atoms in total. The van der Waals surface area contributed by atoms with Crippen LogP contribution in [0.1, 0.15) is 13.8 Å². The number of rotatable bonds is 6. The molecule has 1 aromatic carbocycles. The third-order valence-electron chi connectivity index (χ3n) is 3.25. The maximum atomic E-state index is 11.3. The van der Waals surface area contributed by atoms with Gasteiger partial charge in [-0.05, 0) is 30.2 Å². The average Bonchev–Trinajstić information content (AvgIpc) is 3.01. The summed E-state index contributed by atoms with van der Waals surface area (Å²) in [5.74, 6) is 1.77. The molecule has 132 valence electrons. The fraction of sp³-hybridized carbons (Fsp3) is 0.267. The molecule has 0 aliphatic carbocycles. The fourth-order valence-corrected chi connectivity index (χ4v) is 2.60. The lowest BCUT2D eigenvalue weighted by Crippen LogP contribution is -2.12. The second kappa shape index (κ2) is 6.65. The zero-order valence-electron chi connectivity index (χ0n) is 13.7. The number of hydrogen-bond donors (Lipinski definition) is 2. The van der Waals surface area contributed by atoms with Gasteiger partial charge in [0.1, 0.15) is 12.1 Å². The van der Waals surface area contributed by atoms with Crippen molar-refractivity contribution in [2.45, 2.75) is 18.7 Å². The van der Waals surface area contributed by atoms with Gasteiger partial charge in [-0.1, -0.05) is 13.8 Å². The lowest BCUT2D eigenvalue weighted by Gasteiger charge is -2.12. The summed E-state index contributed by atoms with van der Waals surface area (Å²) in [4.78, 5) is 8.41. The molecule has 0 amide bonds. The number of aromatic nitrogens is 4. The van der Waals surface area contributed by atoms with Crippen LogP contribution in [0.4, 0.5) is 11.5 Å². The molecule has 0 bridgehead atoms. The maximum Gasteiger partial charge on any atom is 0.257 e. The molecule has 3 aromatic rings. The summed E-state index contributed by atoms with van der Waals surface area (Å²) in [6.07, 6.45) is 1.39. The van der Waals surface area contributed by atoms with Crippen molar-refractivity contribution in [3.8, 4) is 5.88 Å². The Hall–Kier alpha value is -2.72. The van der Waals surface area contributed by atoms with E-state index in [9.17, 15) is 8.42 Å². The van der Waals surface area contributed by atoms with E-state index in [4.69, 9.17) is 9.88 Å². The summed E-state index contributed by atoms with van der Waals surface area (Å²) < 4.78 is 29.8. The van der Waals surface area contributed by atoms with E-state index >= 15 is 0 Å². The molecule has 0 aliphatic rings. The lowest BCUT2D eigenvalue weighted by molar-refractivity contribution is 0.261. The van der Waals surface area contributed by atoms with Gasteiger partial charge in [-0.2, -0.15) is 19.6 Å². The second-order valence-electron chi connectivity index (χ2n) is 5.85. The van der Waals surface area contributed by atoms with Gasteiger partial charge in [-0.25, -0.2) is 13.6 Å². The second-order valence-corrected chi connectivity index (χ2v) is 7.41. The van der Waals surface area contributed by atoms with Crippen molar-refractivity contribution >= 4 is 27.3 Å². The number of ether oxygens (including phenoxy) is 1. The zero-order valence-corrected chi connectivity index (χ0v) is 14.6. The van der Waals surface area contributed by atoms with Gasteiger partial charge in [0.05, 0.1) is 11.5 Å². The Morgan fingerprint density at radius 1 is 1.28 bits per heavy atom. The monoisotopic (exact) mass is 362 g/mol. The normalized spacial score (nSPS) is 11.8. The van der Waals surface area contributed by atoms with Gasteiger partial charge in [0, 0.05) is 11.8 Å². The molecule has 10 heteroatoms. The number of primary sulfonamides is 1. The van der Waals surface area contributed by atoms with Crippen molar-refractivity contribution < 1.29 is 13.2 Å². The number of anilines is 2. The predicted molar refractivity (Wildman–Crippen MR) is 92.2 cm³/mol. The van der Waals surface area contributed by atoms with E-state index in [0.29, 0.717) is 35.7 Å². The smallest absolute Gasteiger partial charge is 0.257 e. The molecule has 0 saturated carbocycles. The van der Waals surface area contributed by atoms with E-state index in [2.05, 4.69) is 20.4 Å². The minimum Gasteiger partial charge on any atom is -0.477 e. The Balaban J connectivity index is 1.90. The van der Waals surface area contributed by atoms with E-state index in [1.807, 2.05) is 13.8 Å². The van der Waals surface area contributed by atoms with Crippen LogP contribution in [0.15, 0.2) is 41.6 Å². The molecule has 0 saturated heterocycles. The largest absolute Gasteiger partial charge is 0.477 e. The van der Waals surface area contributed by atoms with Gasteiger partial charge in [0.2, 0.25) is 15.9 Å². The van der Waals surface area contributed by atoms with Crippen LogP contribution in [0.2, 0.25) is 0 Å². The highest BCUT2D eigenvalue weighted by Gasteiger charge is 2.11. The number of nitrogens with zero attached hydrogens (tertiary/aromatic N) is 4. The van der Waals surface area contributed by atoms with Crippen LogP contribution in [0.3, 0.4) is 0 Å². The van der Waals surface area contributed by atoms with Gasteiger partial charge in [0.15, 0.2) is 0 Å². The van der Waals surface area contributed by atoms with Gasteiger partial charge in [-0.3, -0.25) is 0 Å². The highest BCUT2D eigenvalue weighted by atomic mass is 32.2. The Kier molecular flexibility index (Phi) is 4.55. The molecule has 0 fully saturated rings. The predicted octanol–water partition coefficient (Wildman–Crippen LogP) is 1.55. The van der Waals surface area contributed by atoms with Gasteiger partial charge in [-0.15, -0.1) is 0 Å². The quantitative estimate of drug-likeness (QED) is 0.681. The summed E-state index contributed by atoms with van der Waals surface area (Å²) in [6, 6.07) is 7.77. The van der Waals surface area contributed by atoms with Crippen LogP contribution in [-0.4, -0.2) is 34.6 Å². The van der Waals surface area contributed by atoms with Crippen molar-refractivity contribution in [3.63, 3.8) is 0 Å². The van der Waals surface area contributed by atoms with Gasteiger partial charge >= 0.3 is 0 Å². The number of sulfonamides is 1. The van der Waals surface area contributed by atoms with Crippen molar-refractivity contribution in [1.82, 2.24) is 19.6 Å². The summed E-state index contributed by atoms with van der Waals surface area (Å²) >= 11 is 0. The Labute approximate surface area is 144 Å².